The number of nitrogens with one attached hydrogen (secondary N) is 2. The van der Waals surface area contributed by atoms with Crippen LogP contribution >= 0.6 is 11.8 Å². The quantitative estimate of drug-likeness (QED) is 0.454. The molecule has 4 rings (SSSR count). The maximum absolute atomic E-state index is 12.8. The highest BCUT2D eigenvalue weighted by molar-refractivity contribution is 7.99. The van der Waals surface area contributed by atoms with Crippen LogP contribution in [0, 0.1) is 0 Å². The molecule has 9 heteroatoms. The zero-order valence-electron chi connectivity index (χ0n) is 19.3. The second kappa shape index (κ2) is 11.7. The van der Waals surface area contributed by atoms with Crippen molar-refractivity contribution in [3.63, 3.8) is 0 Å². The summed E-state index contributed by atoms with van der Waals surface area (Å²) in [5.74, 6) is 1.59. The molecule has 2 aromatic carbocycles. The van der Waals surface area contributed by atoms with Crippen molar-refractivity contribution in [2.75, 3.05) is 24.7 Å². The summed E-state index contributed by atoms with van der Waals surface area (Å²) in [4.78, 5) is 25.4. The van der Waals surface area contributed by atoms with Gasteiger partial charge in [0.05, 0.1) is 24.1 Å². The number of fused-ring (bicyclic) bond motifs is 1. The van der Waals surface area contributed by atoms with Gasteiger partial charge in [-0.05, 0) is 49.1 Å². The molecule has 1 aliphatic heterocycles. The van der Waals surface area contributed by atoms with Crippen LogP contribution in [-0.4, -0.2) is 46.0 Å². The molecule has 0 radical (unpaired) electrons. The van der Waals surface area contributed by atoms with Crippen molar-refractivity contribution < 1.29 is 14.3 Å². The highest BCUT2D eigenvalue weighted by Gasteiger charge is 2.17. The molecule has 0 aliphatic carbocycles. The maximum atomic E-state index is 12.8. The highest BCUT2D eigenvalue weighted by Crippen LogP contribution is 2.22. The van der Waals surface area contributed by atoms with Crippen LogP contribution in [0.25, 0.3) is 0 Å². The van der Waals surface area contributed by atoms with E-state index in [1.54, 1.807) is 31.4 Å². The molecule has 0 spiro atoms. The first-order chi connectivity index (χ1) is 16.6. The number of para-hydroxylation sites is 1. The van der Waals surface area contributed by atoms with Crippen LogP contribution in [0.1, 0.15) is 41.0 Å². The number of rotatable bonds is 9. The Morgan fingerprint density at radius 3 is 2.71 bits per heavy atom. The lowest BCUT2D eigenvalue weighted by Crippen LogP contribution is -2.27. The Labute approximate surface area is 203 Å². The Hall–Kier alpha value is -3.33. The molecule has 34 heavy (non-hydrogen) atoms. The van der Waals surface area contributed by atoms with Crippen LogP contribution in [-0.2, 0) is 24.2 Å². The molecule has 3 aromatic rings. The standard InChI is InChI=1S/C25H29N5O3S/c1-33-19-12-10-18(11-13-19)14-15-26-24(32)20-7-4-5-8-21(20)27-23(31)17-34-25-29-28-22-9-3-2-6-16-30(22)25/h4-5,7-8,10-13H,2-3,6,9,14-17H2,1H3,(H,26,32)(H,27,31). The van der Waals surface area contributed by atoms with Crippen molar-refractivity contribution in [1.29, 1.82) is 0 Å². The first-order valence-electron chi connectivity index (χ1n) is 11.5. The lowest BCUT2D eigenvalue weighted by Gasteiger charge is -2.12. The topological polar surface area (TPSA) is 98.1 Å². The third kappa shape index (κ3) is 6.17. The van der Waals surface area contributed by atoms with Crippen LogP contribution in [0.15, 0.2) is 53.7 Å². The minimum atomic E-state index is -0.222. The number of hydrogen-bond donors (Lipinski definition) is 2. The SMILES string of the molecule is COc1ccc(CCNC(=O)c2ccccc2NC(=O)CSc2nnc3n2CCCCC3)cc1. The number of thioether (sulfide) groups is 1. The van der Waals surface area contributed by atoms with Gasteiger partial charge in [0, 0.05) is 19.5 Å². The molecule has 0 saturated heterocycles. The Bertz CT molecular complexity index is 1130. The Kier molecular flexibility index (Phi) is 8.19. The van der Waals surface area contributed by atoms with Crippen molar-refractivity contribution in [3.05, 3.63) is 65.5 Å². The van der Waals surface area contributed by atoms with E-state index in [0.29, 0.717) is 24.2 Å². The van der Waals surface area contributed by atoms with Gasteiger partial charge in [0.1, 0.15) is 11.6 Å². The van der Waals surface area contributed by atoms with Gasteiger partial charge >= 0.3 is 0 Å². The third-order valence-corrected chi connectivity index (χ3v) is 6.68. The second-order valence-corrected chi connectivity index (χ2v) is 9.04. The van der Waals surface area contributed by atoms with Crippen molar-refractivity contribution >= 4 is 29.3 Å². The summed E-state index contributed by atoms with van der Waals surface area (Å²) in [6, 6.07) is 14.8. The highest BCUT2D eigenvalue weighted by atomic mass is 32.2. The summed E-state index contributed by atoms with van der Waals surface area (Å²) in [5.41, 5.74) is 2.04. The van der Waals surface area contributed by atoms with E-state index < -0.39 is 0 Å². The van der Waals surface area contributed by atoms with Gasteiger partial charge in [-0.1, -0.05) is 42.4 Å². The predicted octanol–water partition coefficient (Wildman–Crippen LogP) is 3.72. The average molecular weight is 480 g/mol. The van der Waals surface area contributed by atoms with Crippen molar-refractivity contribution in [2.24, 2.45) is 0 Å². The number of carbonyl (C=O) groups excluding carboxylic acids is 2. The van der Waals surface area contributed by atoms with Crippen molar-refractivity contribution in [1.82, 2.24) is 20.1 Å². The van der Waals surface area contributed by atoms with Crippen LogP contribution in [0.4, 0.5) is 5.69 Å². The summed E-state index contributed by atoms with van der Waals surface area (Å²) >= 11 is 1.37. The van der Waals surface area contributed by atoms with Crippen molar-refractivity contribution in [3.8, 4) is 5.75 Å². The van der Waals surface area contributed by atoms with Gasteiger partial charge in [-0.3, -0.25) is 9.59 Å². The molecule has 0 bridgehead atoms. The first-order valence-corrected chi connectivity index (χ1v) is 12.5. The minimum absolute atomic E-state index is 0.186. The molecule has 0 saturated carbocycles. The fourth-order valence-electron chi connectivity index (χ4n) is 3.88. The van der Waals surface area contributed by atoms with Gasteiger partial charge in [-0.15, -0.1) is 10.2 Å². The van der Waals surface area contributed by atoms with E-state index >= 15 is 0 Å². The molecule has 0 atom stereocenters. The smallest absolute Gasteiger partial charge is 0.253 e. The zero-order chi connectivity index (χ0) is 23.8. The summed E-state index contributed by atoms with van der Waals surface area (Å²) in [7, 11) is 1.63. The lowest BCUT2D eigenvalue weighted by atomic mass is 10.1. The van der Waals surface area contributed by atoms with E-state index in [0.717, 1.165) is 48.1 Å². The maximum Gasteiger partial charge on any atom is 0.253 e. The minimum Gasteiger partial charge on any atom is -0.497 e. The molecular weight excluding hydrogens is 450 g/mol. The number of benzene rings is 2. The number of aromatic nitrogens is 3. The molecule has 8 nitrogen and oxygen atoms in total. The Balaban J connectivity index is 1.30. The molecule has 1 aromatic heterocycles. The summed E-state index contributed by atoms with van der Waals surface area (Å²) in [6.07, 6.45) is 5.05. The first kappa shape index (κ1) is 23.8. The molecule has 1 aliphatic rings. The molecule has 0 unspecified atom stereocenters. The van der Waals surface area contributed by atoms with E-state index in [1.165, 1.54) is 18.2 Å². The number of aryl methyl sites for hydroxylation is 1. The van der Waals surface area contributed by atoms with Crippen LogP contribution in [0.2, 0.25) is 0 Å². The van der Waals surface area contributed by atoms with Gasteiger partial charge in [0.15, 0.2) is 5.16 Å². The van der Waals surface area contributed by atoms with Crippen molar-refractivity contribution in [2.45, 2.75) is 43.8 Å². The average Bonchev–Trinajstić information content (AvgIpc) is 3.09. The number of nitrogens with zero attached hydrogens (tertiary/aromatic N) is 3. The Morgan fingerprint density at radius 1 is 1.06 bits per heavy atom. The zero-order valence-corrected chi connectivity index (χ0v) is 20.1. The number of anilines is 1. The van der Waals surface area contributed by atoms with Crippen LogP contribution in [0.5, 0.6) is 5.75 Å². The van der Waals surface area contributed by atoms with E-state index in [1.807, 2.05) is 24.3 Å². The summed E-state index contributed by atoms with van der Waals surface area (Å²) in [6.45, 7) is 1.38. The molecular formula is C25H29N5O3S. The van der Waals surface area contributed by atoms with Gasteiger partial charge in [-0.25, -0.2) is 0 Å². The normalized spacial score (nSPS) is 13.0. The molecule has 2 N–H and O–H groups in total. The molecule has 2 heterocycles. The fourth-order valence-corrected chi connectivity index (χ4v) is 4.66. The largest absolute Gasteiger partial charge is 0.497 e. The van der Waals surface area contributed by atoms with E-state index in [2.05, 4.69) is 25.4 Å². The Morgan fingerprint density at radius 2 is 1.88 bits per heavy atom. The number of carbonyl (C=O) groups is 2. The number of ether oxygens (including phenoxy) is 1. The van der Waals surface area contributed by atoms with Gasteiger partial charge < -0.3 is 19.9 Å². The van der Waals surface area contributed by atoms with E-state index in [4.69, 9.17) is 4.74 Å². The lowest BCUT2D eigenvalue weighted by molar-refractivity contribution is -0.113. The monoisotopic (exact) mass is 479 g/mol. The fraction of sp³-hybridized carbons (Fsp3) is 0.360. The summed E-state index contributed by atoms with van der Waals surface area (Å²) < 4.78 is 7.29. The molecule has 0 fully saturated rings. The predicted molar refractivity (Wildman–Crippen MR) is 132 cm³/mol. The third-order valence-electron chi connectivity index (χ3n) is 5.71. The van der Waals surface area contributed by atoms with Gasteiger partial charge in [0.25, 0.3) is 5.91 Å². The molecule has 178 valence electrons. The van der Waals surface area contributed by atoms with E-state index in [-0.39, 0.29) is 17.6 Å². The number of methoxy groups -OCH3 is 1. The van der Waals surface area contributed by atoms with Crippen LogP contribution in [0.3, 0.4) is 0 Å². The molecule has 2 amide bonds. The van der Waals surface area contributed by atoms with Gasteiger partial charge in [-0.2, -0.15) is 0 Å². The summed E-state index contributed by atoms with van der Waals surface area (Å²) in [5, 5.41) is 15.1. The number of amides is 2. The van der Waals surface area contributed by atoms with E-state index in [9.17, 15) is 9.59 Å². The van der Waals surface area contributed by atoms with Gasteiger partial charge in [0.2, 0.25) is 5.91 Å². The second-order valence-electron chi connectivity index (χ2n) is 8.10. The van der Waals surface area contributed by atoms with Crippen LogP contribution < -0.4 is 15.4 Å². The number of hydrogen-bond acceptors (Lipinski definition) is 6.